The lowest BCUT2D eigenvalue weighted by molar-refractivity contribution is -0.119. The van der Waals surface area contributed by atoms with Gasteiger partial charge in [0.1, 0.15) is 6.04 Å². The Hall–Kier alpha value is -2.42. The fourth-order valence-electron chi connectivity index (χ4n) is 3.36. The SMILES string of the molecule is Cc1ccc(S(=O)(=O)N2CCC[C@H]2C(=O)Nc2cc(C(=O)N(C)C)ccc2Cl)cc1. The zero-order valence-electron chi connectivity index (χ0n) is 17.1. The minimum atomic E-state index is -3.81. The second-order valence-electron chi connectivity index (χ2n) is 7.47. The van der Waals surface area contributed by atoms with Gasteiger partial charge in [0.2, 0.25) is 15.9 Å². The molecular formula is C21H24ClN3O4S. The summed E-state index contributed by atoms with van der Waals surface area (Å²) in [4.78, 5) is 26.7. The van der Waals surface area contributed by atoms with Gasteiger partial charge in [-0.25, -0.2) is 8.42 Å². The van der Waals surface area contributed by atoms with Crippen molar-refractivity contribution in [3.8, 4) is 0 Å². The standard InChI is InChI=1S/C21H24ClN3O4S/c1-14-6-9-16(10-7-14)30(28,29)25-12-4-5-19(25)20(26)23-18-13-15(8-11-17(18)22)21(27)24(2)3/h6-11,13,19H,4-5,12H2,1-3H3,(H,23,26)/t19-/m0/s1. The summed E-state index contributed by atoms with van der Waals surface area (Å²) < 4.78 is 27.4. The van der Waals surface area contributed by atoms with Crippen LogP contribution in [0.25, 0.3) is 0 Å². The molecule has 9 heteroatoms. The van der Waals surface area contributed by atoms with Gasteiger partial charge in [-0.15, -0.1) is 0 Å². The van der Waals surface area contributed by atoms with E-state index in [1.165, 1.54) is 21.3 Å². The molecule has 0 aliphatic carbocycles. The first-order valence-electron chi connectivity index (χ1n) is 9.52. The first-order chi connectivity index (χ1) is 14.1. The molecule has 2 aromatic carbocycles. The Balaban J connectivity index is 1.84. The molecule has 0 spiro atoms. The second kappa shape index (κ2) is 8.75. The molecule has 1 aliphatic heterocycles. The lowest BCUT2D eigenvalue weighted by Gasteiger charge is -2.24. The molecule has 1 aliphatic rings. The predicted molar refractivity (Wildman–Crippen MR) is 116 cm³/mol. The van der Waals surface area contributed by atoms with Crippen molar-refractivity contribution >= 4 is 39.1 Å². The minimum absolute atomic E-state index is 0.157. The number of carbonyl (C=O) groups is 2. The number of carbonyl (C=O) groups excluding carboxylic acids is 2. The normalized spacial score (nSPS) is 17.0. The number of hydrogen-bond donors (Lipinski definition) is 1. The van der Waals surface area contributed by atoms with Gasteiger partial charge in [-0.1, -0.05) is 29.3 Å². The highest BCUT2D eigenvalue weighted by Gasteiger charge is 2.39. The number of halogens is 1. The van der Waals surface area contributed by atoms with Gasteiger partial charge in [0.15, 0.2) is 0 Å². The molecule has 30 heavy (non-hydrogen) atoms. The first kappa shape index (κ1) is 22.3. The highest BCUT2D eigenvalue weighted by Crippen LogP contribution is 2.29. The number of aryl methyl sites for hydroxylation is 1. The molecule has 7 nitrogen and oxygen atoms in total. The maximum absolute atomic E-state index is 13.1. The fraction of sp³-hybridized carbons (Fsp3) is 0.333. The quantitative estimate of drug-likeness (QED) is 0.759. The van der Waals surface area contributed by atoms with E-state index >= 15 is 0 Å². The highest BCUT2D eigenvalue weighted by atomic mass is 35.5. The molecule has 0 bridgehead atoms. The van der Waals surface area contributed by atoms with Crippen LogP contribution in [0.3, 0.4) is 0 Å². The third kappa shape index (κ3) is 4.50. The van der Waals surface area contributed by atoms with Gasteiger partial charge in [0.05, 0.1) is 15.6 Å². The maximum atomic E-state index is 13.1. The van der Waals surface area contributed by atoms with Crippen LogP contribution in [-0.4, -0.2) is 56.1 Å². The Kier molecular flexibility index (Phi) is 6.50. The third-order valence-corrected chi connectivity index (χ3v) is 7.26. The topological polar surface area (TPSA) is 86.8 Å². The van der Waals surface area contributed by atoms with E-state index in [1.54, 1.807) is 44.4 Å². The summed E-state index contributed by atoms with van der Waals surface area (Å²) in [5.74, 6) is -0.703. The summed E-state index contributed by atoms with van der Waals surface area (Å²) in [6.07, 6.45) is 0.987. The van der Waals surface area contributed by atoms with Crippen molar-refractivity contribution in [2.45, 2.75) is 30.7 Å². The van der Waals surface area contributed by atoms with E-state index < -0.39 is 22.0 Å². The van der Waals surface area contributed by atoms with E-state index in [2.05, 4.69) is 5.32 Å². The molecule has 2 amide bonds. The number of anilines is 1. The zero-order valence-corrected chi connectivity index (χ0v) is 18.6. The van der Waals surface area contributed by atoms with Gasteiger partial charge in [-0.2, -0.15) is 4.31 Å². The number of hydrogen-bond acceptors (Lipinski definition) is 4. The zero-order chi connectivity index (χ0) is 22.1. The van der Waals surface area contributed by atoms with E-state index in [0.717, 1.165) is 5.56 Å². The van der Waals surface area contributed by atoms with Gasteiger partial charge in [-0.05, 0) is 50.1 Å². The number of amides is 2. The Morgan fingerprint density at radius 3 is 2.43 bits per heavy atom. The van der Waals surface area contributed by atoms with Gasteiger partial charge >= 0.3 is 0 Å². The van der Waals surface area contributed by atoms with Crippen molar-refractivity contribution in [1.82, 2.24) is 9.21 Å². The number of sulfonamides is 1. The molecule has 1 saturated heterocycles. The van der Waals surface area contributed by atoms with Crippen molar-refractivity contribution in [1.29, 1.82) is 0 Å². The predicted octanol–water partition coefficient (Wildman–Crippen LogP) is 3.14. The van der Waals surface area contributed by atoms with Gasteiger partial charge < -0.3 is 10.2 Å². The number of rotatable bonds is 5. The Bertz CT molecular complexity index is 1070. The van der Waals surface area contributed by atoms with Gasteiger partial charge in [0.25, 0.3) is 5.91 Å². The Morgan fingerprint density at radius 1 is 1.13 bits per heavy atom. The second-order valence-corrected chi connectivity index (χ2v) is 9.77. The number of benzene rings is 2. The van der Waals surface area contributed by atoms with Crippen LogP contribution in [0.2, 0.25) is 5.02 Å². The largest absolute Gasteiger partial charge is 0.345 e. The molecule has 1 atom stereocenters. The highest BCUT2D eigenvalue weighted by molar-refractivity contribution is 7.89. The molecule has 1 fully saturated rings. The third-order valence-electron chi connectivity index (χ3n) is 5.01. The fourth-order valence-corrected chi connectivity index (χ4v) is 5.19. The number of nitrogens with zero attached hydrogens (tertiary/aromatic N) is 2. The lowest BCUT2D eigenvalue weighted by atomic mass is 10.1. The van der Waals surface area contributed by atoms with Crippen molar-refractivity contribution < 1.29 is 18.0 Å². The molecule has 0 radical (unpaired) electrons. The summed E-state index contributed by atoms with van der Waals surface area (Å²) >= 11 is 6.20. The monoisotopic (exact) mass is 449 g/mol. The first-order valence-corrected chi connectivity index (χ1v) is 11.3. The average Bonchev–Trinajstić information content (AvgIpc) is 3.20. The lowest BCUT2D eigenvalue weighted by Crippen LogP contribution is -2.43. The van der Waals surface area contributed by atoms with Crippen LogP contribution in [0, 0.1) is 6.92 Å². The maximum Gasteiger partial charge on any atom is 0.253 e. The van der Waals surface area contributed by atoms with E-state index in [1.807, 2.05) is 6.92 Å². The van der Waals surface area contributed by atoms with Crippen molar-refractivity contribution in [3.05, 3.63) is 58.6 Å². The molecule has 1 heterocycles. The Labute approximate surface area is 181 Å². The van der Waals surface area contributed by atoms with Crippen molar-refractivity contribution in [2.75, 3.05) is 26.0 Å². The van der Waals surface area contributed by atoms with Gasteiger partial charge in [-0.3, -0.25) is 9.59 Å². The molecule has 0 saturated carbocycles. The molecule has 3 rings (SSSR count). The van der Waals surface area contributed by atoms with Crippen molar-refractivity contribution in [3.63, 3.8) is 0 Å². The van der Waals surface area contributed by atoms with Gasteiger partial charge in [0, 0.05) is 26.2 Å². The summed E-state index contributed by atoms with van der Waals surface area (Å²) in [6.45, 7) is 2.14. The van der Waals surface area contributed by atoms with E-state index in [0.29, 0.717) is 18.4 Å². The molecular weight excluding hydrogens is 426 g/mol. The van der Waals surface area contributed by atoms with Crippen molar-refractivity contribution in [2.24, 2.45) is 0 Å². The van der Waals surface area contributed by atoms with Crippen LogP contribution in [0.4, 0.5) is 5.69 Å². The minimum Gasteiger partial charge on any atom is -0.345 e. The van der Waals surface area contributed by atoms with Crippen LogP contribution >= 0.6 is 11.6 Å². The molecule has 160 valence electrons. The Morgan fingerprint density at radius 2 is 1.80 bits per heavy atom. The number of nitrogens with one attached hydrogen (secondary N) is 1. The van der Waals surface area contributed by atoms with Crippen LogP contribution < -0.4 is 5.32 Å². The molecule has 0 unspecified atom stereocenters. The summed E-state index contributed by atoms with van der Waals surface area (Å²) in [5.41, 5.74) is 1.59. The summed E-state index contributed by atoms with van der Waals surface area (Å²) in [6, 6.07) is 10.3. The van der Waals surface area contributed by atoms with Crippen LogP contribution in [0.5, 0.6) is 0 Å². The smallest absolute Gasteiger partial charge is 0.253 e. The van der Waals surface area contributed by atoms with E-state index in [4.69, 9.17) is 11.6 Å². The van der Waals surface area contributed by atoms with Crippen LogP contribution in [0.1, 0.15) is 28.8 Å². The average molecular weight is 450 g/mol. The molecule has 0 aromatic heterocycles. The molecule has 2 aromatic rings. The van der Waals surface area contributed by atoms with Crippen LogP contribution in [-0.2, 0) is 14.8 Å². The summed E-state index contributed by atoms with van der Waals surface area (Å²) in [5, 5.41) is 2.97. The summed E-state index contributed by atoms with van der Waals surface area (Å²) in [7, 11) is -0.553. The van der Waals surface area contributed by atoms with E-state index in [-0.39, 0.29) is 28.1 Å². The van der Waals surface area contributed by atoms with E-state index in [9.17, 15) is 18.0 Å². The molecule has 1 N–H and O–H groups in total. The van der Waals surface area contributed by atoms with Crippen LogP contribution in [0.15, 0.2) is 47.4 Å².